The summed E-state index contributed by atoms with van der Waals surface area (Å²) in [7, 11) is 0. The third-order valence-corrected chi connectivity index (χ3v) is 5.25. The van der Waals surface area contributed by atoms with Crippen LogP contribution in [0.5, 0.6) is 0 Å². The third-order valence-electron chi connectivity index (χ3n) is 5.25. The summed E-state index contributed by atoms with van der Waals surface area (Å²) in [6.45, 7) is 4.46. The molecule has 2 heterocycles. The van der Waals surface area contributed by atoms with Crippen LogP contribution in [0.15, 0.2) is 24.3 Å². The molecule has 2 aliphatic heterocycles. The standard InChI is InChI=1S/C18H23F3N2O/c1-12-8-11-23(17(24)14-6-9-22-10-7-14)16(12)13-2-4-15(5-3-13)18(19,20)21/h2-5,12,14,16,22H,6-11H2,1H3/t12-,16-/m1/s1. The SMILES string of the molecule is C[C@@H]1CCN(C(=O)C2CCNCC2)[C@H]1c1ccc(C(F)(F)F)cc1. The number of amides is 1. The van der Waals surface area contributed by atoms with Crippen molar-refractivity contribution in [3.63, 3.8) is 0 Å². The van der Waals surface area contributed by atoms with Crippen molar-refractivity contribution in [2.75, 3.05) is 19.6 Å². The molecule has 3 rings (SSSR count). The Bertz CT molecular complexity index is 579. The van der Waals surface area contributed by atoms with Gasteiger partial charge in [-0.15, -0.1) is 0 Å². The number of alkyl halides is 3. The fraction of sp³-hybridized carbons (Fsp3) is 0.611. The Labute approximate surface area is 140 Å². The summed E-state index contributed by atoms with van der Waals surface area (Å²) in [4.78, 5) is 14.8. The Morgan fingerprint density at radius 2 is 1.75 bits per heavy atom. The first kappa shape index (κ1) is 17.3. The lowest BCUT2D eigenvalue weighted by Crippen LogP contribution is -2.41. The van der Waals surface area contributed by atoms with Crippen LogP contribution in [-0.4, -0.2) is 30.4 Å². The van der Waals surface area contributed by atoms with Crippen LogP contribution in [0.4, 0.5) is 13.2 Å². The molecule has 1 amide bonds. The molecule has 0 bridgehead atoms. The van der Waals surface area contributed by atoms with Crippen molar-refractivity contribution in [2.24, 2.45) is 11.8 Å². The van der Waals surface area contributed by atoms with Gasteiger partial charge in [-0.2, -0.15) is 13.2 Å². The average molecular weight is 340 g/mol. The minimum Gasteiger partial charge on any atom is -0.335 e. The van der Waals surface area contributed by atoms with Gasteiger partial charge in [0.15, 0.2) is 0 Å². The lowest BCUT2D eigenvalue weighted by Gasteiger charge is -2.32. The molecular weight excluding hydrogens is 317 g/mol. The zero-order valence-corrected chi connectivity index (χ0v) is 13.8. The first-order valence-corrected chi connectivity index (χ1v) is 8.56. The van der Waals surface area contributed by atoms with Gasteiger partial charge in [-0.05, 0) is 56.0 Å². The molecule has 6 heteroatoms. The molecule has 2 saturated heterocycles. The number of hydrogen-bond acceptors (Lipinski definition) is 2. The van der Waals surface area contributed by atoms with Gasteiger partial charge >= 0.3 is 6.18 Å². The summed E-state index contributed by atoms with van der Waals surface area (Å²) in [5, 5.41) is 3.25. The van der Waals surface area contributed by atoms with Gasteiger partial charge in [-0.25, -0.2) is 0 Å². The van der Waals surface area contributed by atoms with E-state index in [-0.39, 0.29) is 23.8 Å². The van der Waals surface area contributed by atoms with Crippen molar-refractivity contribution in [3.05, 3.63) is 35.4 Å². The number of nitrogens with one attached hydrogen (secondary N) is 1. The smallest absolute Gasteiger partial charge is 0.335 e. The van der Waals surface area contributed by atoms with Crippen LogP contribution in [0.2, 0.25) is 0 Å². The van der Waals surface area contributed by atoms with E-state index in [1.54, 1.807) is 0 Å². The van der Waals surface area contributed by atoms with Gasteiger partial charge in [-0.1, -0.05) is 19.1 Å². The van der Waals surface area contributed by atoms with Crippen LogP contribution in [0.1, 0.15) is 43.4 Å². The van der Waals surface area contributed by atoms with E-state index < -0.39 is 11.7 Å². The minimum atomic E-state index is -4.33. The van der Waals surface area contributed by atoms with Gasteiger partial charge in [0.1, 0.15) is 0 Å². The summed E-state index contributed by atoms with van der Waals surface area (Å²) in [5.41, 5.74) is 0.156. The van der Waals surface area contributed by atoms with Gasteiger partial charge in [0, 0.05) is 12.5 Å². The van der Waals surface area contributed by atoms with Gasteiger partial charge in [0.25, 0.3) is 0 Å². The number of hydrogen-bond donors (Lipinski definition) is 1. The Morgan fingerprint density at radius 1 is 1.12 bits per heavy atom. The molecule has 2 atom stereocenters. The van der Waals surface area contributed by atoms with Crippen LogP contribution in [-0.2, 0) is 11.0 Å². The Morgan fingerprint density at radius 3 is 2.33 bits per heavy atom. The quantitative estimate of drug-likeness (QED) is 0.892. The van der Waals surface area contributed by atoms with Crippen molar-refractivity contribution in [1.82, 2.24) is 10.2 Å². The molecule has 24 heavy (non-hydrogen) atoms. The number of halogens is 3. The highest BCUT2D eigenvalue weighted by Crippen LogP contribution is 2.39. The molecule has 1 aromatic carbocycles. The second-order valence-corrected chi connectivity index (χ2v) is 6.89. The summed E-state index contributed by atoms with van der Waals surface area (Å²) >= 11 is 0. The fourth-order valence-corrected chi connectivity index (χ4v) is 3.88. The number of rotatable bonds is 2. The fourth-order valence-electron chi connectivity index (χ4n) is 3.88. The molecule has 0 aromatic heterocycles. The summed E-state index contributed by atoms with van der Waals surface area (Å²) in [5.74, 6) is 0.451. The van der Waals surface area contributed by atoms with E-state index in [1.807, 2.05) is 4.90 Å². The molecule has 2 fully saturated rings. The van der Waals surface area contributed by atoms with Gasteiger partial charge in [-0.3, -0.25) is 4.79 Å². The predicted molar refractivity (Wildman–Crippen MR) is 85.3 cm³/mol. The van der Waals surface area contributed by atoms with E-state index in [0.29, 0.717) is 6.54 Å². The first-order valence-electron chi connectivity index (χ1n) is 8.56. The zero-order chi connectivity index (χ0) is 17.3. The van der Waals surface area contributed by atoms with E-state index >= 15 is 0 Å². The van der Waals surface area contributed by atoms with Crippen molar-refractivity contribution in [3.8, 4) is 0 Å². The maximum atomic E-state index is 12.9. The zero-order valence-electron chi connectivity index (χ0n) is 13.8. The second-order valence-electron chi connectivity index (χ2n) is 6.89. The molecular formula is C18H23F3N2O. The summed E-state index contributed by atoms with van der Waals surface area (Å²) in [6, 6.07) is 5.17. The maximum absolute atomic E-state index is 12.9. The highest BCUT2D eigenvalue weighted by Gasteiger charge is 2.39. The van der Waals surface area contributed by atoms with E-state index in [4.69, 9.17) is 0 Å². The van der Waals surface area contributed by atoms with Gasteiger partial charge < -0.3 is 10.2 Å². The summed E-state index contributed by atoms with van der Waals surface area (Å²) < 4.78 is 38.3. The molecule has 1 aromatic rings. The van der Waals surface area contributed by atoms with Gasteiger partial charge in [0.2, 0.25) is 5.91 Å². The highest BCUT2D eigenvalue weighted by molar-refractivity contribution is 5.80. The molecule has 0 radical (unpaired) electrons. The molecule has 132 valence electrons. The van der Waals surface area contributed by atoms with Crippen LogP contribution in [0.3, 0.4) is 0 Å². The lowest BCUT2D eigenvalue weighted by molar-refractivity contribution is -0.138. The Balaban J connectivity index is 1.80. The Hall–Kier alpha value is -1.56. The first-order chi connectivity index (χ1) is 11.4. The molecule has 3 nitrogen and oxygen atoms in total. The molecule has 0 unspecified atom stereocenters. The Kier molecular flexibility index (Phi) is 4.85. The minimum absolute atomic E-state index is 0.0356. The number of carbonyl (C=O) groups is 1. The van der Waals surface area contributed by atoms with Crippen molar-refractivity contribution in [2.45, 2.75) is 38.4 Å². The van der Waals surface area contributed by atoms with E-state index in [0.717, 1.165) is 50.0 Å². The van der Waals surface area contributed by atoms with Crippen molar-refractivity contribution in [1.29, 1.82) is 0 Å². The van der Waals surface area contributed by atoms with E-state index in [2.05, 4.69) is 12.2 Å². The molecule has 1 N–H and O–H groups in total. The van der Waals surface area contributed by atoms with Crippen LogP contribution in [0.25, 0.3) is 0 Å². The molecule has 2 aliphatic rings. The number of carbonyl (C=O) groups excluding carboxylic acids is 1. The third kappa shape index (κ3) is 3.43. The number of benzene rings is 1. The number of piperidine rings is 1. The van der Waals surface area contributed by atoms with E-state index in [1.165, 1.54) is 12.1 Å². The number of likely N-dealkylation sites (tertiary alicyclic amines) is 1. The van der Waals surface area contributed by atoms with E-state index in [9.17, 15) is 18.0 Å². The van der Waals surface area contributed by atoms with Crippen LogP contribution >= 0.6 is 0 Å². The van der Waals surface area contributed by atoms with Crippen LogP contribution in [0, 0.1) is 11.8 Å². The summed E-state index contributed by atoms with van der Waals surface area (Å²) in [6.07, 6.45) is -1.76. The predicted octanol–water partition coefficient (Wildman–Crippen LogP) is 3.61. The molecule has 0 saturated carbocycles. The maximum Gasteiger partial charge on any atom is 0.416 e. The largest absolute Gasteiger partial charge is 0.416 e. The topological polar surface area (TPSA) is 32.3 Å². The van der Waals surface area contributed by atoms with Gasteiger partial charge in [0.05, 0.1) is 11.6 Å². The monoisotopic (exact) mass is 340 g/mol. The average Bonchev–Trinajstić information content (AvgIpc) is 2.96. The van der Waals surface area contributed by atoms with Crippen molar-refractivity contribution < 1.29 is 18.0 Å². The number of nitrogens with zero attached hydrogens (tertiary/aromatic N) is 1. The molecule has 0 aliphatic carbocycles. The highest BCUT2D eigenvalue weighted by atomic mass is 19.4. The molecule has 0 spiro atoms. The van der Waals surface area contributed by atoms with Crippen LogP contribution < -0.4 is 5.32 Å². The normalized spacial score (nSPS) is 25.9. The lowest BCUT2D eigenvalue weighted by atomic mass is 9.92. The second kappa shape index (κ2) is 6.75. The van der Waals surface area contributed by atoms with Crippen molar-refractivity contribution >= 4 is 5.91 Å².